The van der Waals surface area contributed by atoms with E-state index in [-0.39, 0.29) is 24.0 Å². The zero-order chi connectivity index (χ0) is 20.5. The number of alkyl halides is 3. The van der Waals surface area contributed by atoms with Crippen molar-refractivity contribution in [2.75, 3.05) is 12.4 Å². The van der Waals surface area contributed by atoms with Crippen molar-refractivity contribution in [1.29, 1.82) is 0 Å². The molecule has 1 unspecified atom stereocenters. The van der Waals surface area contributed by atoms with Crippen molar-refractivity contribution >= 4 is 23.5 Å². The molecule has 0 spiro atoms. The van der Waals surface area contributed by atoms with Gasteiger partial charge in [-0.1, -0.05) is 12.1 Å². The Hall–Kier alpha value is -3.43. The molecule has 0 bridgehead atoms. The number of halogens is 3. The van der Waals surface area contributed by atoms with E-state index in [1.165, 1.54) is 24.1 Å². The lowest BCUT2D eigenvalue weighted by atomic mass is 10.0. The standard InChI is InChI=1S/C18H16F3N5O2/c1-26-14(27)9-13(25-17(26)22)10-4-2-5-11(8-10)24-16(28)15-12(18(19,20)21)6-3-7-23-15/h2-8,13H,9H2,1H3,(H2,22,25)(H,24,28). The number of nitrogens with two attached hydrogens (primary N) is 1. The van der Waals surface area contributed by atoms with Crippen LogP contribution in [-0.2, 0) is 11.0 Å². The Morgan fingerprint density at radius 3 is 2.71 bits per heavy atom. The maximum atomic E-state index is 13.1. The molecular weight excluding hydrogens is 375 g/mol. The molecule has 0 saturated heterocycles. The van der Waals surface area contributed by atoms with Crippen molar-refractivity contribution in [2.45, 2.75) is 18.6 Å². The zero-order valence-electron chi connectivity index (χ0n) is 14.7. The van der Waals surface area contributed by atoms with Gasteiger partial charge in [-0.15, -0.1) is 0 Å². The normalized spacial score (nSPS) is 17.3. The largest absolute Gasteiger partial charge is 0.418 e. The summed E-state index contributed by atoms with van der Waals surface area (Å²) in [6, 6.07) is 7.70. The number of carbonyl (C=O) groups is 2. The van der Waals surface area contributed by atoms with Gasteiger partial charge in [0, 0.05) is 18.9 Å². The number of carbonyl (C=O) groups excluding carboxylic acids is 2. The highest BCUT2D eigenvalue weighted by molar-refractivity contribution is 6.04. The first-order valence-corrected chi connectivity index (χ1v) is 8.20. The molecule has 1 aromatic heterocycles. The lowest BCUT2D eigenvalue weighted by Crippen LogP contribution is -2.42. The predicted molar refractivity (Wildman–Crippen MR) is 95.4 cm³/mol. The number of rotatable bonds is 3. The third kappa shape index (κ3) is 3.95. The van der Waals surface area contributed by atoms with Crippen molar-refractivity contribution in [1.82, 2.24) is 9.88 Å². The quantitative estimate of drug-likeness (QED) is 0.840. The zero-order valence-corrected chi connectivity index (χ0v) is 14.7. The molecule has 146 valence electrons. The van der Waals surface area contributed by atoms with Gasteiger partial charge in [-0.3, -0.25) is 19.5 Å². The number of guanidine groups is 1. The van der Waals surface area contributed by atoms with E-state index in [1.54, 1.807) is 12.1 Å². The topological polar surface area (TPSA) is 101 Å². The monoisotopic (exact) mass is 391 g/mol. The molecule has 1 atom stereocenters. The second-order valence-corrected chi connectivity index (χ2v) is 6.14. The second kappa shape index (κ2) is 7.29. The minimum atomic E-state index is -4.70. The van der Waals surface area contributed by atoms with Crippen LogP contribution in [0.3, 0.4) is 0 Å². The van der Waals surface area contributed by atoms with Crippen LogP contribution in [0, 0.1) is 0 Å². The van der Waals surface area contributed by atoms with Crippen molar-refractivity contribution < 1.29 is 22.8 Å². The van der Waals surface area contributed by atoms with Crippen LogP contribution in [0.2, 0.25) is 0 Å². The number of hydrogen-bond acceptors (Lipinski definition) is 5. The molecule has 28 heavy (non-hydrogen) atoms. The molecule has 3 N–H and O–H groups in total. The summed E-state index contributed by atoms with van der Waals surface area (Å²) >= 11 is 0. The molecule has 10 heteroatoms. The van der Waals surface area contributed by atoms with E-state index in [0.29, 0.717) is 5.56 Å². The van der Waals surface area contributed by atoms with Gasteiger partial charge in [0.15, 0.2) is 5.96 Å². The van der Waals surface area contributed by atoms with Crippen LogP contribution in [0.1, 0.15) is 34.1 Å². The Labute approximate surface area is 158 Å². The molecule has 3 rings (SSSR count). The number of nitrogens with one attached hydrogen (secondary N) is 1. The smallest absolute Gasteiger partial charge is 0.369 e. The van der Waals surface area contributed by atoms with E-state index in [1.807, 2.05) is 0 Å². The van der Waals surface area contributed by atoms with Gasteiger partial charge in [0.2, 0.25) is 5.91 Å². The molecule has 0 aliphatic carbocycles. The number of hydrogen-bond donors (Lipinski definition) is 2. The van der Waals surface area contributed by atoms with Gasteiger partial charge < -0.3 is 11.1 Å². The van der Waals surface area contributed by atoms with Crippen molar-refractivity contribution in [3.05, 3.63) is 59.4 Å². The highest BCUT2D eigenvalue weighted by Crippen LogP contribution is 2.32. The molecule has 2 amide bonds. The average Bonchev–Trinajstić information content (AvgIpc) is 2.65. The van der Waals surface area contributed by atoms with Crippen LogP contribution < -0.4 is 11.1 Å². The molecule has 1 aromatic carbocycles. The molecule has 7 nitrogen and oxygen atoms in total. The van der Waals surface area contributed by atoms with Crippen LogP contribution in [0.25, 0.3) is 0 Å². The minimum Gasteiger partial charge on any atom is -0.369 e. The molecule has 0 saturated carbocycles. The number of aromatic nitrogens is 1. The summed E-state index contributed by atoms with van der Waals surface area (Å²) in [6.07, 6.45) is -3.50. The third-order valence-corrected chi connectivity index (χ3v) is 4.23. The number of anilines is 1. The fraction of sp³-hybridized carbons (Fsp3) is 0.222. The van der Waals surface area contributed by atoms with Crippen LogP contribution in [0.4, 0.5) is 18.9 Å². The van der Waals surface area contributed by atoms with E-state index in [9.17, 15) is 22.8 Å². The lowest BCUT2D eigenvalue weighted by molar-refractivity contribution is -0.138. The van der Waals surface area contributed by atoms with Gasteiger partial charge in [-0.25, -0.2) is 4.99 Å². The first-order valence-electron chi connectivity index (χ1n) is 8.20. The summed E-state index contributed by atoms with van der Waals surface area (Å²) in [5.74, 6) is -1.14. The van der Waals surface area contributed by atoms with E-state index < -0.39 is 29.4 Å². The fourth-order valence-electron chi connectivity index (χ4n) is 2.74. The van der Waals surface area contributed by atoms with Crippen molar-refractivity contribution in [3.63, 3.8) is 0 Å². The maximum absolute atomic E-state index is 13.1. The second-order valence-electron chi connectivity index (χ2n) is 6.14. The number of pyridine rings is 1. The lowest BCUT2D eigenvalue weighted by Gasteiger charge is -2.25. The first kappa shape index (κ1) is 19.3. The molecule has 1 aliphatic rings. The molecule has 0 radical (unpaired) electrons. The first-order chi connectivity index (χ1) is 13.2. The summed E-state index contributed by atoms with van der Waals surface area (Å²) in [5.41, 5.74) is 4.72. The Morgan fingerprint density at radius 1 is 1.29 bits per heavy atom. The summed E-state index contributed by atoms with van der Waals surface area (Å²) in [7, 11) is 1.51. The van der Waals surface area contributed by atoms with Gasteiger partial charge in [0.1, 0.15) is 5.69 Å². The van der Waals surface area contributed by atoms with E-state index in [0.717, 1.165) is 18.3 Å². The van der Waals surface area contributed by atoms with Gasteiger partial charge in [0.05, 0.1) is 18.0 Å². The molecule has 2 heterocycles. The SMILES string of the molecule is CN1C(=O)CC(c2cccc(NC(=O)c3ncccc3C(F)(F)F)c2)N=C1N. The van der Waals surface area contributed by atoms with Crippen LogP contribution >= 0.6 is 0 Å². The van der Waals surface area contributed by atoms with E-state index in [2.05, 4.69) is 15.3 Å². The summed E-state index contributed by atoms with van der Waals surface area (Å²) in [5, 5.41) is 2.40. The summed E-state index contributed by atoms with van der Waals surface area (Å²) < 4.78 is 39.2. The van der Waals surface area contributed by atoms with Crippen molar-refractivity contribution in [3.8, 4) is 0 Å². The predicted octanol–water partition coefficient (Wildman–Crippen LogP) is 2.57. The highest BCUT2D eigenvalue weighted by atomic mass is 19.4. The van der Waals surface area contributed by atoms with Gasteiger partial charge >= 0.3 is 6.18 Å². The minimum absolute atomic E-state index is 0.0685. The average molecular weight is 391 g/mol. The Kier molecular flexibility index (Phi) is 5.04. The maximum Gasteiger partial charge on any atom is 0.418 e. The summed E-state index contributed by atoms with van der Waals surface area (Å²) in [4.78, 5) is 33.3. The number of nitrogens with zero attached hydrogens (tertiary/aromatic N) is 3. The van der Waals surface area contributed by atoms with Gasteiger partial charge in [-0.2, -0.15) is 13.2 Å². The van der Waals surface area contributed by atoms with Crippen molar-refractivity contribution in [2.24, 2.45) is 10.7 Å². The van der Waals surface area contributed by atoms with Crippen LogP contribution in [-0.4, -0.2) is 34.7 Å². The Balaban J connectivity index is 1.85. The fourth-order valence-corrected chi connectivity index (χ4v) is 2.74. The van der Waals surface area contributed by atoms with Crippen LogP contribution in [0.15, 0.2) is 47.6 Å². The Bertz CT molecular complexity index is 958. The Morgan fingerprint density at radius 2 is 2.04 bits per heavy atom. The highest BCUT2D eigenvalue weighted by Gasteiger charge is 2.36. The summed E-state index contributed by atoms with van der Waals surface area (Å²) in [6.45, 7) is 0. The molecular formula is C18H16F3N5O2. The number of aliphatic imine (C=N–C) groups is 1. The van der Waals surface area contributed by atoms with Crippen LogP contribution in [0.5, 0.6) is 0 Å². The van der Waals surface area contributed by atoms with E-state index >= 15 is 0 Å². The van der Waals surface area contributed by atoms with Gasteiger partial charge in [0.25, 0.3) is 5.91 Å². The molecule has 1 aliphatic heterocycles. The number of amides is 2. The third-order valence-electron chi connectivity index (χ3n) is 4.23. The van der Waals surface area contributed by atoms with Gasteiger partial charge in [-0.05, 0) is 29.8 Å². The number of benzene rings is 1. The molecule has 0 fully saturated rings. The van der Waals surface area contributed by atoms with E-state index in [4.69, 9.17) is 5.73 Å². The molecule has 2 aromatic rings.